The molecule has 2 aromatic rings. The number of hydrogen-bond acceptors (Lipinski definition) is 2. The van der Waals surface area contributed by atoms with Crippen molar-refractivity contribution in [3.63, 3.8) is 0 Å². The summed E-state index contributed by atoms with van der Waals surface area (Å²) >= 11 is 0. The minimum atomic E-state index is 0.0503. The van der Waals surface area contributed by atoms with E-state index in [-0.39, 0.29) is 5.56 Å². The zero-order chi connectivity index (χ0) is 17.7. The van der Waals surface area contributed by atoms with Crippen molar-refractivity contribution in [2.24, 2.45) is 0 Å². The fraction of sp³-hybridized carbons (Fsp3) is 0.318. The Morgan fingerprint density at radius 3 is 2.40 bits per heavy atom. The minimum Gasteiger partial charge on any atom is -0.347 e. The molecule has 3 nitrogen and oxygen atoms in total. The van der Waals surface area contributed by atoms with E-state index < -0.39 is 0 Å². The average molecular weight is 332 g/mol. The van der Waals surface area contributed by atoms with E-state index in [0.717, 1.165) is 52.3 Å². The van der Waals surface area contributed by atoms with Gasteiger partial charge in [-0.2, -0.15) is 0 Å². The summed E-state index contributed by atoms with van der Waals surface area (Å²) < 4.78 is 1.91. The van der Waals surface area contributed by atoms with Crippen molar-refractivity contribution in [2.45, 2.75) is 39.0 Å². The van der Waals surface area contributed by atoms with Gasteiger partial charge in [0.15, 0.2) is 0 Å². The molecular formula is C22H24N2O. The number of pyridine rings is 1. The molecule has 0 unspecified atom stereocenters. The lowest BCUT2D eigenvalue weighted by molar-refractivity contribution is 0.404. The Hall–Kier alpha value is -2.55. The number of anilines is 1. The Kier molecular flexibility index (Phi) is 3.68. The van der Waals surface area contributed by atoms with Gasteiger partial charge in [0.25, 0.3) is 5.56 Å². The van der Waals surface area contributed by atoms with Crippen molar-refractivity contribution in [2.75, 3.05) is 11.9 Å². The zero-order valence-corrected chi connectivity index (χ0v) is 15.2. The van der Waals surface area contributed by atoms with Crippen LogP contribution >= 0.6 is 0 Å². The fourth-order valence-corrected chi connectivity index (χ4v) is 3.85. The molecule has 128 valence electrons. The molecule has 0 spiro atoms. The van der Waals surface area contributed by atoms with E-state index in [9.17, 15) is 4.79 Å². The molecular weight excluding hydrogens is 308 g/mol. The molecule has 1 aliphatic heterocycles. The van der Waals surface area contributed by atoms with Crippen LogP contribution in [0.25, 0.3) is 11.3 Å². The standard InChI is InChI=1S/C22H24N2O/c1-14-15(2)21-20(23(4)16(14)3)13-19(17-9-8-10-17)24(22(21)25)18-11-6-5-7-12-18/h5-7,11-13,17H,2,8-10H2,1,3-4H3. The lowest BCUT2D eigenvalue weighted by atomic mass is 9.81. The number of allylic oxidation sites excluding steroid dienone is 3. The van der Waals surface area contributed by atoms with E-state index >= 15 is 0 Å². The van der Waals surface area contributed by atoms with Gasteiger partial charge in [0.05, 0.1) is 11.3 Å². The molecule has 1 fully saturated rings. The molecule has 25 heavy (non-hydrogen) atoms. The Balaban J connectivity index is 2.04. The van der Waals surface area contributed by atoms with Crippen molar-refractivity contribution in [3.05, 3.63) is 75.9 Å². The van der Waals surface area contributed by atoms with Gasteiger partial charge in [-0.25, -0.2) is 0 Å². The third-order valence-corrected chi connectivity index (χ3v) is 5.92. The van der Waals surface area contributed by atoms with Crippen LogP contribution in [0.2, 0.25) is 0 Å². The van der Waals surface area contributed by atoms with Gasteiger partial charge in [-0.05, 0) is 62.0 Å². The molecule has 1 aromatic heterocycles. The number of nitrogens with zero attached hydrogens (tertiary/aromatic N) is 2. The number of benzene rings is 1. The molecule has 4 rings (SSSR count). The number of aromatic nitrogens is 1. The summed E-state index contributed by atoms with van der Waals surface area (Å²) in [7, 11) is 2.04. The zero-order valence-electron chi connectivity index (χ0n) is 15.2. The lowest BCUT2D eigenvalue weighted by Crippen LogP contribution is -2.33. The first-order valence-corrected chi connectivity index (χ1v) is 8.97. The fourth-order valence-electron chi connectivity index (χ4n) is 3.85. The van der Waals surface area contributed by atoms with Crippen LogP contribution in [-0.4, -0.2) is 11.6 Å². The van der Waals surface area contributed by atoms with Crippen LogP contribution in [0.3, 0.4) is 0 Å². The normalized spacial score (nSPS) is 17.6. The van der Waals surface area contributed by atoms with E-state index in [1.54, 1.807) is 0 Å². The summed E-state index contributed by atoms with van der Waals surface area (Å²) in [6, 6.07) is 12.2. The Bertz CT molecular complexity index is 946. The van der Waals surface area contributed by atoms with Gasteiger partial charge in [-0.15, -0.1) is 0 Å². The summed E-state index contributed by atoms with van der Waals surface area (Å²) in [5, 5.41) is 0. The summed E-state index contributed by atoms with van der Waals surface area (Å²) in [5.41, 5.74) is 6.95. The van der Waals surface area contributed by atoms with Crippen LogP contribution in [0.5, 0.6) is 0 Å². The van der Waals surface area contributed by atoms with Crippen molar-refractivity contribution < 1.29 is 0 Å². The van der Waals surface area contributed by atoms with E-state index in [2.05, 4.69) is 24.5 Å². The molecule has 3 heteroatoms. The van der Waals surface area contributed by atoms with Gasteiger partial charge in [-0.1, -0.05) is 31.2 Å². The van der Waals surface area contributed by atoms with Gasteiger partial charge in [-0.3, -0.25) is 9.36 Å². The predicted molar refractivity (Wildman–Crippen MR) is 104 cm³/mol. The highest BCUT2D eigenvalue weighted by Crippen LogP contribution is 2.42. The van der Waals surface area contributed by atoms with Gasteiger partial charge in [0, 0.05) is 24.1 Å². The molecule has 0 atom stereocenters. The van der Waals surface area contributed by atoms with Gasteiger partial charge >= 0.3 is 0 Å². The number of fused-ring (bicyclic) bond motifs is 1. The molecule has 1 aromatic carbocycles. The second kappa shape index (κ2) is 5.76. The van der Waals surface area contributed by atoms with Crippen LogP contribution in [0, 0.1) is 0 Å². The van der Waals surface area contributed by atoms with Gasteiger partial charge in [0.2, 0.25) is 0 Å². The molecule has 0 amide bonds. The van der Waals surface area contributed by atoms with E-state index in [1.165, 1.54) is 6.42 Å². The monoisotopic (exact) mass is 332 g/mol. The third kappa shape index (κ3) is 2.30. The van der Waals surface area contributed by atoms with E-state index in [1.807, 2.05) is 48.9 Å². The van der Waals surface area contributed by atoms with Crippen LogP contribution in [0.1, 0.15) is 50.3 Å². The highest BCUT2D eigenvalue weighted by Gasteiger charge is 2.30. The summed E-state index contributed by atoms with van der Waals surface area (Å²) in [6.07, 6.45) is 3.55. The average Bonchev–Trinajstić information content (AvgIpc) is 2.57. The Morgan fingerprint density at radius 2 is 1.80 bits per heavy atom. The third-order valence-electron chi connectivity index (χ3n) is 5.92. The van der Waals surface area contributed by atoms with Crippen molar-refractivity contribution in [1.82, 2.24) is 4.57 Å². The number of para-hydroxylation sites is 1. The molecule has 1 saturated carbocycles. The summed E-state index contributed by atoms with van der Waals surface area (Å²) in [6.45, 7) is 8.37. The number of hydrogen-bond donors (Lipinski definition) is 0. The van der Waals surface area contributed by atoms with Crippen LogP contribution < -0.4 is 10.5 Å². The summed E-state index contributed by atoms with van der Waals surface area (Å²) in [4.78, 5) is 15.7. The largest absolute Gasteiger partial charge is 0.347 e. The molecule has 0 bridgehead atoms. The molecule has 0 radical (unpaired) electrons. The molecule has 0 saturated heterocycles. The van der Waals surface area contributed by atoms with Crippen molar-refractivity contribution in [3.8, 4) is 5.69 Å². The number of rotatable bonds is 2. The van der Waals surface area contributed by atoms with E-state index in [4.69, 9.17) is 0 Å². The van der Waals surface area contributed by atoms with Gasteiger partial charge in [0.1, 0.15) is 0 Å². The summed E-state index contributed by atoms with van der Waals surface area (Å²) in [5.74, 6) is 0.465. The van der Waals surface area contributed by atoms with Crippen molar-refractivity contribution >= 4 is 11.3 Å². The minimum absolute atomic E-state index is 0.0503. The second-order valence-electron chi connectivity index (χ2n) is 7.18. The molecule has 2 aliphatic rings. The first-order valence-electron chi connectivity index (χ1n) is 8.97. The quantitative estimate of drug-likeness (QED) is 0.784. The lowest BCUT2D eigenvalue weighted by Gasteiger charge is -2.35. The van der Waals surface area contributed by atoms with Crippen LogP contribution in [0.4, 0.5) is 5.69 Å². The maximum Gasteiger partial charge on any atom is 0.265 e. The second-order valence-corrected chi connectivity index (χ2v) is 7.18. The van der Waals surface area contributed by atoms with Crippen molar-refractivity contribution in [1.29, 1.82) is 0 Å². The highest BCUT2D eigenvalue weighted by molar-refractivity contribution is 5.89. The first kappa shape index (κ1) is 15.9. The molecule has 2 heterocycles. The maximum absolute atomic E-state index is 13.5. The smallest absolute Gasteiger partial charge is 0.265 e. The predicted octanol–water partition coefficient (Wildman–Crippen LogP) is 4.86. The topological polar surface area (TPSA) is 25.2 Å². The van der Waals surface area contributed by atoms with Crippen LogP contribution in [0.15, 0.2) is 59.0 Å². The first-order chi connectivity index (χ1) is 12.0. The Labute approximate surface area is 148 Å². The molecule has 0 N–H and O–H groups in total. The maximum atomic E-state index is 13.5. The van der Waals surface area contributed by atoms with Crippen LogP contribution in [-0.2, 0) is 0 Å². The SMILES string of the molecule is C=C1C(C)=C(C)N(C)c2cc(C3CCC3)n(-c3ccccc3)c(=O)c21. The molecule has 1 aliphatic carbocycles. The van der Waals surface area contributed by atoms with Gasteiger partial charge < -0.3 is 4.90 Å². The van der Waals surface area contributed by atoms with E-state index in [0.29, 0.717) is 5.92 Å². The Morgan fingerprint density at radius 1 is 1.12 bits per heavy atom. The highest BCUT2D eigenvalue weighted by atomic mass is 16.1.